The van der Waals surface area contributed by atoms with Crippen molar-refractivity contribution in [2.24, 2.45) is 11.8 Å². The van der Waals surface area contributed by atoms with Crippen molar-refractivity contribution in [3.63, 3.8) is 0 Å². The summed E-state index contributed by atoms with van der Waals surface area (Å²) >= 11 is 0. The lowest BCUT2D eigenvalue weighted by molar-refractivity contribution is 0.0535. The molecule has 1 heterocycles. The molecule has 1 aliphatic rings. The van der Waals surface area contributed by atoms with Crippen LogP contribution in [-0.2, 0) is 0 Å². The molecule has 2 aromatic rings. The van der Waals surface area contributed by atoms with E-state index in [9.17, 15) is 9.59 Å². The Bertz CT molecular complexity index is 837. The number of benzene rings is 2. The van der Waals surface area contributed by atoms with E-state index in [2.05, 4.69) is 27.7 Å². The molecule has 0 unspecified atom stereocenters. The molecule has 6 nitrogen and oxygen atoms in total. The van der Waals surface area contributed by atoms with E-state index in [1.807, 2.05) is 58.3 Å². The van der Waals surface area contributed by atoms with Gasteiger partial charge in [-0.15, -0.1) is 0 Å². The van der Waals surface area contributed by atoms with E-state index in [0.717, 1.165) is 24.3 Å². The Kier molecular flexibility index (Phi) is 9.37. The molecule has 0 aromatic heterocycles. The van der Waals surface area contributed by atoms with E-state index in [1.165, 1.54) is 0 Å². The smallest absolute Gasteiger partial charge is 0.253 e. The van der Waals surface area contributed by atoms with Crippen LogP contribution in [0.3, 0.4) is 0 Å². The molecule has 0 atom stereocenters. The van der Waals surface area contributed by atoms with Crippen molar-refractivity contribution in [1.29, 1.82) is 0 Å². The van der Waals surface area contributed by atoms with Crippen LogP contribution in [0.1, 0.15) is 61.3 Å². The van der Waals surface area contributed by atoms with Gasteiger partial charge in [0, 0.05) is 37.3 Å². The lowest BCUT2D eigenvalue weighted by atomic mass is 10.1. The molecule has 1 fully saturated rings. The average molecular weight is 467 g/mol. The highest BCUT2D eigenvalue weighted by molar-refractivity contribution is 5.96. The van der Waals surface area contributed by atoms with Gasteiger partial charge in [0.15, 0.2) is 0 Å². The third kappa shape index (κ3) is 7.51. The van der Waals surface area contributed by atoms with Crippen molar-refractivity contribution in [3.8, 4) is 11.5 Å². The van der Waals surface area contributed by atoms with Crippen LogP contribution in [0.5, 0.6) is 11.5 Å². The summed E-state index contributed by atoms with van der Waals surface area (Å²) in [5.41, 5.74) is 1.29. The van der Waals surface area contributed by atoms with Crippen LogP contribution in [-0.4, -0.2) is 61.0 Å². The average Bonchev–Trinajstić information content (AvgIpc) is 2.84. The minimum Gasteiger partial charge on any atom is -0.494 e. The maximum Gasteiger partial charge on any atom is 0.253 e. The first-order valence-corrected chi connectivity index (χ1v) is 12.4. The van der Waals surface area contributed by atoms with Crippen molar-refractivity contribution < 1.29 is 19.1 Å². The second-order valence-corrected chi connectivity index (χ2v) is 9.70. The molecular formula is C28H38N2O4. The molecule has 0 saturated carbocycles. The SMILES string of the molecule is CC(C)CCOc1ccc(C(=O)N2CCN(C(=O)c3ccc(OCCC(C)C)cc3)CC2)cc1. The molecule has 34 heavy (non-hydrogen) atoms. The summed E-state index contributed by atoms with van der Waals surface area (Å²) < 4.78 is 11.5. The Morgan fingerprint density at radius 1 is 0.647 bits per heavy atom. The molecule has 2 amide bonds. The van der Waals surface area contributed by atoms with E-state index >= 15 is 0 Å². The molecule has 1 aliphatic heterocycles. The Morgan fingerprint density at radius 3 is 1.26 bits per heavy atom. The third-order valence-electron chi connectivity index (χ3n) is 5.98. The fourth-order valence-electron chi connectivity index (χ4n) is 3.69. The van der Waals surface area contributed by atoms with Gasteiger partial charge in [0.2, 0.25) is 0 Å². The van der Waals surface area contributed by atoms with Gasteiger partial charge in [-0.2, -0.15) is 0 Å². The van der Waals surface area contributed by atoms with E-state index in [-0.39, 0.29) is 11.8 Å². The normalized spacial score (nSPS) is 13.9. The Labute approximate surface area is 203 Å². The quantitative estimate of drug-likeness (QED) is 0.487. The number of carbonyl (C=O) groups excluding carboxylic acids is 2. The predicted molar refractivity (Wildman–Crippen MR) is 135 cm³/mol. The largest absolute Gasteiger partial charge is 0.494 e. The predicted octanol–water partition coefficient (Wildman–Crippen LogP) is 5.13. The van der Waals surface area contributed by atoms with Crippen molar-refractivity contribution >= 4 is 11.8 Å². The van der Waals surface area contributed by atoms with Crippen molar-refractivity contribution in [1.82, 2.24) is 9.80 Å². The minimum atomic E-state index is -0.0104. The topological polar surface area (TPSA) is 59.1 Å². The highest BCUT2D eigenvalue weighted by Gasteiger charge is 2.25. The first kappa shape index (κ1) is 25.6. The van der Waals surface area contributed by atoms with Gasteiger partial charge >= 0.3 is 0 Å². The second kappa shape index (κ2) is 12.4. The molecule has 0 spiro atoms. The fraction of sp³-hybridized carbons (Fsp3) is 0.500. The molecule has 184 valence electrons. The zero-order valence-corrected chi connectivity index (χ0v) is 21.0. The molecular weight excluding hydrogens is 428 g/mol. The van der Waals surface area contributed by atoms with Crippen LogP contribution in [0.4, 0.5) is 0 Å². The summed E-state index contributed by atoms with van der Waals surface area (Å²) in [5, 5.41) is 0. The van der Waals surface area contributed by atoms with Crippen molar-refractivity contribution in [3.05, 3.63) is 59.7 Å². The highest BCUT2D eigenvalue weighted by Crippen LogP contribution is 2.18. The third-order valence-corrected chi connectivity index (χ3v) is 5.98. The van der Waals surface area contributed by atoms with Crippen LogP contribution < -0.4 is 9.47 Å². The maximum atomic E-state index is 12.9. The number of amides is 2. The van der Waals surface area contributed by atoms with E-state index < -0.39 is 0 Å². The first-order chi connectivity index (χ1) is 16.3. The molecule has 6 heteroatoms. The van der Waals surface area contributed by atoms with Crippen LogP contribution in [0.15, 0.2) is 48.5 Å². The lowest BCUT2D eigenvalue weighted by Crippen LogP contribution is -2.50. The van der Waals surface area contributed by atoms with Crippen LogP contribution in [0.25, 0.3) is 0 Å². The molecule has 3 rings (SSSR count). The van der Waals surface area contributed by atoms with E-state index in [4.69, 9.17) is 9.47 Å². The number of hydrogen-bond acceptors (Lipinski definition) is 4. The zero-order chi connectivity index (χ0) is 24.5. The molecule has 1 saturated heterocycles. The van der Waals surface area contributed by atoms with Crippen LogP contribution in [0.2, 0.25) is 0 Å². The van der Waals surface area contributed by atoms with Gasteiger partial charge in [-0.05, 0) is 73.2 Å². The fourth-order valence-corrected chi connectivity index (χ4v) is 3.69. The monoisotopic (exact) mass is 466 g/mol. The second-order valence-electron chi connectivity index (χ2n) is 9.70. The summed E-state index contributed by atoms with van der Waals surface area (Å²) in [6.07, 6.45) is 2.00. The Balaban J connectivity index is 1.47. The summed E-state index contributed by atoms with van der Waals surface area (Å²) in [6, 6.07) is 14.7. The van der Waals surface area contributed by atoms with Crippen molar-refractivity contribution in [2.75, 3.05) is 39.4 Å². The lowest BCUT2D eigenvalue weighted by Gasteiger charge is -2.35. The summed E-state index contributed by atoms with van der Waals surface area (Å²) in [6.45, 7) is 12.1. The van der Waals surface area contributed by atoms with E-state index in [1.54, 1.807) is 0 Å². The van der Waals surface area contributed by atoms with Gasteiger partial charge in [0.25, 0.3) is 11.8 Å². The minimum absolute atomic E-state index is 0.0104. The van der Waals surface area contributed by atoms with Gasteiger partial charge in [0.05, 0.1) is 13.2 Å². The van der Waals surface area contributed by atoms with Gasteiger partial charge in [0.1, 0.15) is 11.5 Å². The summed E-state index contributed by atoms with van der Waals surface area (Å²) in [7, 11) is 0. The maximum absolute atomic E-state index is 12.9. The van der Waals surface area contributed by atoms with Gasteiger partial charge in [-0.1, -0.05) is 27.7 Å². The Morgan fingerprint density at radius 2 is 0.971 bits per heavy atom. The highest BCUT2D eigenvalue weighted by atomic mass is 16.5. The summed E-state index contributed by atoms with van der Waals surface area (Å²) in [4.78, 5) is 29.4. The number of rotatable bonds is 10. The molecule has 0 N–H and O–H groups in total. The first-order valence-electron chi connectivity index (χ1n) is 12.4. The van der Waals surface area contributed by atoms with Gasteiger partial charge in [-0.25, -0.2) is 0 Å². The van der Waals surface area contributed by atoms with Crippen LogP contribution >= 0.6 is 0 Å². The van der Waals surface area contributed by atoms with Gasteiger partial charge < -0.3 is 19.3 Å². The molecule has 0 radical (unpaired) electrons. The van der Waals surface area contributed by atoms with Gasteiger partial charge in [-0.3, -0.25) is 9.59 Å². The number of carbonyl (C=O) groups is 2. The molecule has 2 aromatic carbocycles. The zero-order valence-electron chi connectivity index (χ0n) is 21.0. The van der Waals surface area contributed by atoms with E-state index in [0.29, 0.717) is 62.4 Å². The Hall–Kier alpha value is -3.02. The number of ether oxygens (including phenoxy) is 2. The molecule has 0 bridgehead atoms. The summed E-state index contributed by atoms with van der Waals surface area (Å²) in [5.74, 6) is 2.74. The number of nitrogens with zero attached hydrogens (tertiary/aromatic N) is 2. The number of hydrogen-bond donors (Lipinski definition) is 0. The standard InChI is InChI=1S/C28H38N2O4/c1-21(2)13-19-33-25-9-5-23(6-10-25)27(31)29-15-17-30(18-16-29)28(32)24-7-11-26(12-8-24)34-20-14-22(3)4/h5-12,21-22H,13-20H2,1-4H3. The van der Waals surface area contributed by atoms with Crippen molar-refractivity contribution in [2.45, 2.75) is 40.5 Å². The number of piperazine rings is 1. The molecule has 0 aliphatic carbocycles. The van der Waals surface area contributed by atoms with Crippen LogP contribution in [0, 0.1) is 11.8 Å².